The van der Waals surface area contributed by atoms with Crippen molar-refractivity contribution in [3.63, 3.8) is 0 Å². The van der Waals surface area contributed by atoms with Crippen LogP contribution in [0.4, 0.5) is 0 Å². The Morgan fingerprint density at radius 2 is 1.79 bits per heavy atom. The standard InChI is InChI=1S/C27H37N5O2/c1-4-24-25(26-28-12-6-14-32(26)29-24)27(2,3)22-10-8-21(9-11-22)7-5-13-30-15-17-31(18-16-30)19-23(34)20-33/h5-12,14,23,33-34H,4,13,15-20H2,1-3H3/b7-5+/t23-/m1/s1. The van der Waals surface area contributed by atoms with Crippen LogP contribution in [0.3, 0.4) is 0 Å². The molecule has 2 N–H and O–H groups in total. The van der Waals surface area contributed by atoms with Crippen molar-refractivity contribution < 1.29 is 10.2 Å². The second kappa shape index (κ2) is 10.8. The van der Waals surface area contributed by atoms with Crippen LogP contribution in [0.1, 0.15) is 43.2 Å². The molecule has 0 saturated carbocycles. The highest BCUT2D eigenvalue weighted by molar-refractivity contribution is 5.59. The van der Waals surface area contributed by atoms with E-state index in [2.05, 4.69) is 72.0 Å². The third-order valence-electron chi connectivity index (χ3n) is 6.88. The lowest BCUT2D eigenvalue weighted by molar-refractivity contribution is 0.0414. The molecule has 34 heavy (non-hydrogen) atoms. The number of hydrogen-bond donors (Lipinski definition) is 2. The Kier molecular flexibility index (Phi) is 7.78. The van der Waals surface area contributed by atoms with Crippen LogP contribution in [0.5, 0.6) is 0 Å². The van der Waals surface area contributed by atoms with E-state index in [1.165, 1.54) is 16.7 Å². The molecular weight excluding hydrogens is 426 g/mol. The molecule has 1 atom stereocenters. The average molecular weight is 464 g/mol. The Bertz CT molecular complexity index is 1100. The molecule has 1 fully saturated rings. The van der Waals surface area contributed by atoms with E-state index >= 15 is 0 Å². The predicted molar refractivity (Wildman–Crippen MR) is 136 cm³/mol. The van der Waals surface area contributed by atoms with Gasteiger partial charge in [0.15, 0.2) is 5.65 Å². The quantitative estimate of drug-likeness (QED) is 0.508. The number of β-amino-alcohol motifs (C(OH)–C–C–N with tert-alkyl or cyclic N) is 1. The van der Waals surface area contributed by atoms with Gasteiger partial charge in [-0.2, -0.15) is 5.10 Å². The third kappa shape index (κ3) is 5.39. The molecule has 0 unspecified atom stereocenters. The van der Waals surface area contributed by atoms with Gasteiger partial charge in [0.05, 0.1) is 18.4 Å². The topological polar surface area (TPSA) is 77.1 Å². The summed E-state index contributed by atoms with van der Waals surface area (Å²) in [6.45, 7) is 11.7. The number of fused-ring (bicyclic) bond motifs is 1. The molecule has 1 aromatic carbocycles. The molecule has 182 valence electrons. The summed E-state index contributed by atoms with van der Waals surface area (Å²) in [6.07, 6.45) is 8.45. The maximum Gasteiger partial charge on any atom is 0.159 e. The summed E-state index contributed by atoms with van der Waals surface area (Å²) in [5.41, 5.74) is 5.47. The zero-order valence-electron chi connectivity index (χ0n) is 20.6. The normalized spacial score (nSPS) is 17.1. The fraction of sp³-hybridized carbons (Fsp3) is 0.481. The highest BCUT2D eigenvalue weighted by Gasteiger charge is 2.30. The van der Waals surface area contributed by atoms with Gasteiger partial charge in [-0.05, 0) is 23.6 Å². The van der Waals surface area contributed by atoms with Gasteiger partial charge in [-0.3, -0.25) is 9.80 Å². The van der Waals surface area contributed by atoms with Crippen molar-refractivity contribution in [3.05, 3.63) is 71.2 Å². The van der Waals surface area contributed by atoms with Crippen LogP contribution < -0.4 is 0 Å². The van der Waals surface area contributed by atoms with Crippen LogP contribution in [0.2, 0.25) is 0 Å². The number of benzene rings is 1. The van der Waals surface area contributed by atoms with Gasteiger partial charge < -0.3 is 10.2 Å². The largest absolute Gasteiger partial charge is 0.394 e. The zero-order valence-corrected chi connectivity index (χ0v) is 20.6. The number of aliphatic hydroxyl groups is 2. The molecule has 4 rings (SSSR count). The molecular formula is C27H37N5O2. The summed E-state index contributed by atoms with van der Waals surface area (Å²) in [7, 11) is 0. The van der Waals surface area contributed by atoms with E-state index < -0.39 is 6.10 Å². The Balaban J connectivity index is 1.39. The minimum atomic E-state index is -0.642. The zero-order chi connectivity index (χ0) is 24.1. The first-order valence-electron chi connectivity index (χ1n) is 12.3. The molecule has 1 aliphatic rings. The van der Waals surface area contributed by atoms with Gasteiger partial charge >= 0.3 is 0 Å². The molecule has 0 bridgehead atoms. The fourth-order valence-electron chi connectivity index (χ4n) is 4.82. The summed E-state index contributed by atoms with van der Waals surface area (Å²) in [5.74, 6) is 0. The summed E-state index contributed by atoms with van der Waals surface area (Å²) in [6, 6.07) is 10.7. The molecule has 0 amide bonds. The van der Waals surface area contributed by atoms with Crippen molar-refractivity contribution in [2.75, 3.05) is 45.9 Å². The van der Waals surface area contributed by atoms with Crippen LogP contribution >= 0.6 is 0 Å². The second-order valence-electron chi connectivity index (χ2n) is 9.65. The molecule has 3 heterocycles. The lowest BCUT2D eigenvalue weighted by Crippen LogP contribution is -2.48. The van der Waals surface area contributed by atoms with E-state index in [1.807, 2.05) is 23.0 Å². The second-order valence-corrected chi connectivity index (χ2v) is 9.65. The fourth-order valence-corrected chi connectivity index (χ4v) is 4.82. The lowest BCUT2D eigenvalue weighted by atomic mass is 9.77. The third-order valence-corrected chi connectivity index (χ3v) is 6.88. The molecule has 3 aromatic rings. The number of aliphatic hydroxyl groups excluding tert-OH is 2. The van der Waals surface area contributed by atoms with Gasteiger partial charge in [0, 0.05) is 62.6 Å². The molecule has 0 radical (unpaired) electrons. The van der Waals surface area contributed by atoms with Crippen molar-refractivity contribution in [2.45, 2.75) is 38.7 Å². The van der Waals surface area contributed by atoms with E-state index in [-0.39, 0.29) is 12.0 Å². The maximum atomic E-state index is 9.62. The first-order chi connectivity index (χ1) is 16.4. The minimum Gasteiger partial charge on any atom is -0.394 e. The summed E-state index contributed by atoms with van der Waals surface area (Å²) >= 11 is 0. The van der Waals surface area contributed by atoms with Crippen LogP contribution in [0, 0.1) is 0 Å². The van der Waals surface area contributed by atoms with E-state index in [9.17, 15) is 5.11 Å². The summed E-state index contributed by atoms with van der Waals surface area (Å²) in [5, 5.41) is 23.4. The number of hydrogen-bond acceptors (Lipinski definition) is 6. The van der Waals surface area contributed by atoms with Crippen LogP contribution in [0.25, 0.3) is 11.7 Å². The summed E-state index contributed by atoms with van der Waals surface area (Å²) in [4.78, 5) is 9.26. The molecule has 2 aromatic heterocycles. The van der Waals surface area contributed by atoms with Crippen molar-refractivity contribution in [3.8, 4) is 0 Å². The van der Waals surface area contributed by atoms with E-state index in [0.29, 0.717) is 6.54 Å². The highest BCUT2D eigenvalue weighted by atomic mass is 16.3. The molecule has 0 aliphatic carbocycles. The van der Waals surface area contributed by atoms with Crippen molar-refractivity contribution in [1.29, 1.82) is 0 Å². The Morgan fingerprint density at radius 1 is 1.09 bits per heavy atom. The van der Waals surface area contributed by atoms with Gasteiger partial charge in [0.2, 0.25) is 0 Å². The molecule has 1 saturated heterocycles. The Hall–Kier alpha value is -2.58. The molecule has 1 aliphatic heterocycles. The number of nitrogens with zero attached hydrogens (tertiary/aromatic N) is 5. The van der Waals surface area contributed by atoms with Crippen molar-refractivity contribution in [1.82, 2.24) is 24.4 Å². The highest BCUT2D eigenvalue weighted by Crippen LogP contribution is 2.36. The first-order valence-corrected chi connectivity index (χ1v) is 12.3. The van der Waals surface area contributed by atoms with Crippen LogP contribution in [-0.4, -0.2) is 86.6 Å². The van der Waals surface area contributed by atoms with Gasteiger partial charge in [0.1, 0.15) is 0 Å². The summed E-state index contributed by atoms with van der Waals surface area (Å²) < 4.78 is 1.89. The number of rotatable bonds is 9. The molecule has 7 nitrogen and oxygen atoms in total. The minimum absolute atomic E-state index is 0.172. The van der Waals surface area contributed by atoms with E-state index in [1.54, 1.807) is 0 Å². The number of piperazine rings is 1. The van der Waals surface area contributed by atoms with Crippen LogP contribution in [0.15, 0.2) is 48.8 Å². The Morgan fingerprint density at radius 3 is 2.47 bits per heavy atom. The van der Waals surface area contributed by atoms with Gasteiger partial charge in [-0.1, -0.05) is 57.2 Å². The smallest absolute Gasteiger partial charge is 0.159 e. The lowest BCUT2D eigenvalue weighted by Gasteiger charge is -2.34. The SMILES string of the molecule is CCc1nn2cccnc2c1C(C)(C)c1ccc(/C=C/CN2CCN(C[C@@H](O)CO)CC2)cc1. The first kappa shape index (κ1) is 24.5. The average Bonchev–Trinajstić information content (AvgIpc) is 3.25. The molecule has 7 heteroatoms. The number of aryl methyl sites for hydroxylation is 1. The monoisotopic (exact) mass is 463 g/mol. The van der Waals surface area contributed by atoms with Crippen molar-refractivity contribution >= 4 is 11.7 Å². The van der Waals surface area contributed by atoms with Gasteiger partial charge in [0.25, 0.3) is 0 Å². The van der Waals surface area contributed by atoms with E-state index in [4.69, 9.17) is 10.2 Å². The van der Waals surface area contributed by atoms with Crippen molar-refractivity contribution in [2.24, 2.45) is 0 Å². The van der Waals surface area contributed by atoms with Gasteiger partial charge in [-0.25, -0.2) is 9.50 Å². The van der Waals surface area contributed by atoms with Crippen LogP contribution in [-0.2, 0) is 11.8 Å². The number of aromatic nitrogens is 3. The van der Waals surface area contributed by atoms with E-state index in [0.717, 1.165) is 50.5 Å². The maximum absolute atomic E-state index is 9.62. The predicted octanol–water partition coefficient (Wildman–Crippen LogP) is 2.60. The molecule has 0 spiro atoms. The van der Waals surface area contributed by atoms with Gasteiger partial charge in [-0.15, -0.1) is 0 Å². The Labute approximate surface area is 202 Å².